The molecule has 1 aliphatic rings. The number of hydrogen-bond donors (Lipinski definition) is 1. The molecule has 0 heterocycles. The van der Waals surface area contributed by atoms with Gasteiger partial charge in [0.2, 0.25) is 0 Å². The van der Waals surface area contributed by atoms with E-state index in [-0.39, 0.29) is 6.10 Å². The average molecular weight is 210 g/mol. The van der Waals surface area contributed by atoms with Gasteiger partial charge in [0.25, 0.3) is 0 Å². The van der Waals surface area contributed by atoms with Crippen LogP contribution < -0.4 is 0 Å². The number of aliphatic hydroxyl groups excluding tert-OH is 1. The van der Waals surface area contributed by atoms with E-state index in [1.165, 1.54) is 22.3 Å². The van der Waals surface area contributed by atoms with E-state index < -0.39 is 0 Å². The van der Waals surface area contributed by atoms with Gasteiger partial charge in [0.1, 0.15) is 0 Å². The second-order valence-corrected chi connectivity index (χ2v) is 4.37. The fraction of sp³-hybridized carbons (Fsp3) is 0.200. The molecule has 0 amide bonds. The lowest BCUT2D eigenvalue weighted by Crippen LogP contribution is -2.03. The van der Waals surface area contributed by atoms with Crippen LogP contribution in [0.15, 0.2) is 48.5 Å². The van der Waals surface area contributed by atoms with Crippen LogP contribution in [0, 0.1) is 0 Å². The van der Waals surface area contributed by atoms with Gasteiger partial charge in [0, 0.05) is 0 Å². The van der Waals surface area contributed by atoms with Gasteiger partial charge in [-0.1, -0.05) is 48.5 Å². The van der Waals surface area contributed by atoms with Crippen molar-refractivity contribution >= 4 is 0 Å². The Labute approximate surface area is 95.4 Å². The summed E-state index contributed by atoms with van der Waals surface area (Å²) in [6, 6.07) is 16.7. The summed E-state index contributed by atoms with van der Waals surface area (Å²) in [5.41, 5.74) is 5.14. The number of rotatable bonds is 1. The summed E-state index contributed by atoms with van der Waals surface area (Å²) in [4.78, 5) is 0. The van der Waals surface area contributed by atoms with Crippen LogP contribution in [0.2, 0.25) is 0 Å². The molecule has 0 spiro atoms. The van der Waals surface area contributed by atoms with Crippen LogP contribution in [-0.4, -0.2) is 11.2 Å². The lowest BCUT2D eigenvalue weighted by molar-refractivity contribution is 0.187. The van der Waals surface area contributed by atoms with Gasteiger partial charge in [-0.25, -0.2) is 0 Å². The van der Waals surface area contributed by atoms with E-state index in [1.54, 1.807) is 0 Å². The second-order valence-electron chi connectivity index (χ2n) is 4.37. The van der Waals surface area contributed by atoms with Gasteiger partial charge in [0.05, 0.1) is 6.10 Å². The Morgan fingerprint density at radius 3 is 2.50 bits per heavy atom. The van der Waals surface area contributed by atoms with Crippen LogP contribution in [0.1, 0.15) is 11.1 Å². The minimum absolute atomic E-state index is 0.195. The average Bonchev–Trinajstić information content (AvgIpc) is 2.70. The van der Waals surface area contributed by atoms with E-state index in [4.69, 9.17) is 0 Å². The molecule has 0 radical (unpaired) electrons. The minimum atomic E-state index is -0.195. The van der Waals surface area contributed by atoms with Crippen molar-refractivity contribution in [2.45, 2.75) is 18.9 Å². The molecule has 80 valence electrons. The van der Waals surface area contributed by atoms with Crippen molar-refractivity contribution in [1.29, 1.82) is 0 Å². The predicted molar refractivity (Wildman–Crippen MR) is 65.3 cm³/mol. The maximum atomic E-state index is 9.72. The Morgan fingerprint density at radius 2 is 1.69 bits per heavy atom. The Kier molecular flexibility index (Phi) is 2.26. The lowest BCUT2D eigenvalue weighted by Gasteiger charge is -2.08. The van der Waals surface area contributed by atoms with Gasteiger partial charge >= 0.3 is 0 Å². The Bertz CT molecular complexity index is 502. The van der Waals surface area contributed by atoms with Gasteiger partial charge in [-0.05, 0) is 35.1 Å². The van der Waals surface area contributed by atoms with Crippen molar-refractivity contribution in [2.75, 3.05) is 0 Å². The van der Waals surface area contributed by atoms with E-state index in [0.29, 0.717) is 0 Å². The number of fused-ring (bicyclic) bond motifs is 1. The van der Waals surface area contributed by atoms with Crippen molar-refractivity contribution in [3.05, 3.63) is 59.7 Å². The molecule has 1 unspecified atom stereocenters. The first-order valence-electron chi connectivity index (χ1n) is 5.69. The molecule has 0 aliphatic heterocycles. The van der Waals surface area contributed by atoms with Crippen molar-refractivity contribution in [3.63, 3.8) is 0 Å². The Hall–Kier alpha value is -1.60. The number of benzene rings is 2. The molecule has 0 fully saturated rings. The number of hydrogen-bond acceptors (Lipinski definition) is 1. The molecule has 16 heavy (non-hydrogen) atoms. The highest BCUT2D eigenvalue weighted by molar-refractivity contribution is 5.69. The first-order valence-corrected chi connectivity index (χ1v) is 5.69. The van der Waals surface area contributed by atoms with Gasteiger partial charge < -0.3 is 5.11 Å². The number of aliphatic hydroxyl groups is 1. The lowest BCUT2D eigenvalue weighted by atomic mass is 9.97. The van der Waals surface area contributed by atoms with Gasteiger partial charge in [-0.2, -0.15) is 0 Å². The molecule has 3 rings (SSSR count). The van der Waals surface area contributed by atoms with Crippen molar-refractivity contribution in [3.8, 4) is 11.1 Å². The van der Waals surface area contributed by atoms with Gasteiger partial charge in [-0.15, -0.1) is 0 Å². The quantitative estimate of drug-likeness (QED) is 0.767. The highest BCUT2D eigenvalue weighted by Gasteiger charge is 2.21. The van der Waals surface area contributed by atoms with Crippen LogP contribution in [0.25, 0.3) is 11.1 Å². The van der Waals surface area contributed by atoms with Crippen molar-refractivity contribution < 1.29 is 5.11 Å². The molecule has 1 aliphatic carbocycles. The fourth-order valence-electron chi connectivity index (χ4n) is 2.52. The monoisotopic (exact) mass is 210 g/mol. The zero-order chi connectivity index (χ0) is 11.0. The highest BCUT2D eigenvalue weighted by Crippen LogP contribution is 2.32. The van der Waals surface area contributed by atoms with E-state index in [1.807, 2.05) is 6.07 Å². The summed E-state index contributed by atoms with van der Waals surface area (Å²) in [5, 5.41) is 9.72. The molecule has 2 aromatic carbocycles. The molecule has 0 saturated heterocycles. The van der Waals surface area contributed by atoms with Gasteiger partial charge in [0.15, 0.2) is 0 Å². The highest BCUT2D eigenvalue weighted by atomic mass is 16.3. The molecule has 0 aromatic heterocycles. The van der Waals surface area contributed by atoms with Crippen LogP contribution in [0.3, 0.4) is 0 Å². The smallest absolute Gasteiger partial charge is 0.0621 e. The third kappa shape index (κ3) is 1.54. The van der Waals surface area contributed by atoms with Crippen LogP contribution in [-0.2, 0) is 12.8 Å². The van der Waals surface area contributed by atoms with E-state index in [2.05, 4.69) is 42.5 Å². The summed E-state index contributed by atoms with van der Waals surface area (Å²) < 4.78 is 0. The maximum Gasteiger partial charge on any atom is 0.0621 e. The Balaban J connectivity index is 2.14. The first kappa shape index (κ1) is 9.61. The summed E-state index contributed by atoms with van der Waals surface area (Å²) in [7, 11) is 0. The standard InChI is InChI=1S/C15H14O/c16-13-9-12-7-4-8-14(15(12)10-13)11-5-2-1-3-6-11/h1-8,13,16H,9-10H2. The molecule has 1 nitrogen and oxygen atoms in total. The van der Waals surface area contributed by atoms with Crippen LogP contribution in [0.5, 0.6) is 0 Å². The van der Waals surface area contributed by atoms with Crippen molar-refractivity contribution in [2.24, 2.45) is 0 Å². The minimum Gasteiger partial charge on any atom is -0.392 e. The summed E-state index contributed by atoms with van der Waals surface area (Å²) >= 11 is 0. The third-order valence-electron chi connectivity index (χ3n) is 3.25. The Morgan fingerprint density at radius 1 is 0.875 bits per heavy atom. The molecule has 0 saturated carbocycles. The molecule has 0 bridgehead atoms. The molecule has 1 heteroatoms. The zero-order valence-electron chi connectivity index (χ0n) is 9.06. The SMILES string of the molecule is OC1Cc2cccc(-c3ccccc3)c2C1. The summed E-state index contributed by atoms with van der Waals surface area (Å²) in [6.45, 7) is 0. The second kappa shape index (κ2) is 3.76. The molecule has 1 N–H and O–H groups in total. The van der Waals surface area contributed by atoms with E-state index in [0.717, 1.165) is 12.8 Å². The van der Waals surface area contributed by atoms with Gasteiger partial charge in [-0.3, -0.25) is 0 Å². The predicted octanol–water partition coefficient (Wildman–Crippen LogP) is 2.81. The molecular formula is C15H14O. The third-order valence-corrected chi connectivity index (χ3v) is 3.25. The van der Waals surface area contributed by atoms with E-state index >= 15 is 0 Å². The van der Waals surface area contributed by atoms with E-state index in [9.17, 15) is 5.11 Å². The topological polar surface area (TPSA) is 20.2 Å². The molecular weight excluding hydrogens is 196 g/mol. The molecule has 2 aromatic rings. The first-order chi connectivity index (χ1) is 7.84. The maximum absolute atomic E-state index is 9.72. The van der Waals surface area contributed by atoms with Crippen molar-refractivity contribution in [1.82, 2.24) is 0 Å². The molecule has 1 atom stereocenters. The largest absolute Gasteiger partial charge is 0.392 e. The zero-order valence-corrected chi connectivity index (χ0v) is 9.06. The fourth-order valence-corrected chi connectivity index (χ4v) is 2.52. The van der Waals surface area contributed by atoms with Crippen LogP contribution in [0.4, 0.5) is 0 Å². The van der Waals surface area contributed by atoms with Crippen LogP contribution >= 0.6 is 0 Å². The summed E-state index contributed by atoms with van der Waals surface area (Å²) in [6.07, 6.45) is 1.40. The normalized spacial score (nSPS) is 18.4. The summed E-state index contributed by atoms with van der Waals surface area (Å²) in [5.74, 6) is 0.